The van der Waals surface area contributed by atoms with E-state index in [-0.39, 0.29) is 11.6 Å². The summed E-state index contributed by atoms with van der Waals surface area (Å²) >= 11 is 0. The van der Waals surface area contributed by atoms with Crippen molar-refractivity contribution in [2.45, 2.75) is 90.2 Å². The largest absolute Gasteiger partial charge is 0.377 e. The monoisotopic (exact) mass is 258 g/mol. The van der Waals surface area contributed by atoms with Gasteiger partial charge in [-0.15, -0.1) is 0 Å². The van der Waals surface area contributed by atoms with Crippen molar-refractivity contribution in [2.24, 2.45) is 5.84 Å². The lowest BCUT2D eigenvalue weighted by atomic mass is 9.85. The van der Waals surface area contributed by atoms with Gasteiger partial charge in [-0.25, -0.2) is 0 Å². The van der Waals surface area contributed by atoms with E-state index in [1.807, 2.05) is 0 Å². The molecule has 0 aliphatic rings. The molecule has 0 aliphatic heterocycles. The van der Waals surface area contributed by atoms with E-state index in [0.29, 0.717) is 0 Å². The summed E-state index contributed by atoms with van der Waals surface area (Å²) in [7, 11) is 1.80. The summed E-state index contributed by atoms with van der Waals surface area (Å²) in [6, 6.07) is 0.267. The minimum absolute atomic E-state index is 0.0990. The molecule has 0 bridgehead atoms. The van der Waals surface area contributed by atoms with Crippen LogP contribution in [-0.4, -0.2) is 18.8 Å². The Bertz CT molecular complexity index is 173. The number of rotatable bonds is 12. The maximum atomic E-state index is 5.74. The third kappa shape index (κ3) is 5.68. The summed E-state index contributed by atoms with van der Waals surface area (Å²) in [6.45, 7) is 6.61. The summed E-state index contributed by atoms with van der Waals surface area (Å²) in [5, 5.41) is 0. The molecule has 0 spiro atoms. The van der Waals surface area contributed by atoms with Crippen molar-refractivity contribution in [3.8, 4) is 0 Å². The second-order valence-corrected chi connectivity index (χ2v) is 5.25. The molecular formula is C15H34N2O. The van der Waals surface area contributed by atoms with Gasteiger partial charge < -0.3 is 4.74 Å². The standard InChI is InChI=1S/C15H34N2O/c1-5-8-9-10-11-12-13-14(17-16)15(6-2,7-3)18-4/h14,17H,5-13,16H2,1-4H3. The molecular weight excluding hydrogens is 224 g/mol. The molecule has 0 heterocycles. The highest BCUT2D eigenvalue weighted by molar-refractivity contribution is 4.90. The lowest BCUT2D eigenvalue weighted by Gasteiger charge is -2.38. The third-order valence-corrected chi connectivity index (χ3v) is 4.29. The molecule has 0 saturated carbocycles. The number of hydrogen-bond donors (Lipinski definition) is 2. The van der Waals surface area contributed by atoms with Crippen LogP contribution in [0, 0.1) is 0 Å². The van der Waals surface area contributed by atoms with E-state index in [2.05, 4.69) is 26.2 Å². The van der Waals surface area contributed by atoms with Gasteiger partial charge in [0.05, 0.1) is 11.6 Å². The van der Waals surface area contributed by atoms with Gasteiger partial charge in [0.1, 0.15) is 0 Å². The molecule has 0 saturated heterocycles. The average molecular weight is 258 g/mol. The number of nitrogens with one attached hydrogen (secondary N) is 1. The van der Waals surface area contributed by atoms with Crippen molar-refractivity contribution in [3.63, 3.8) is 0 Å². The van der Waals surface area contributed by atoms with Gasteiger partial charge in [-0.2, -0.15) is 0 Å². The van der Waals surface area contributed by atoms with Crippen LogP contribution in [0.4, 0.5) is 0 Å². The van der Waals surface area contributed by atoms with Crippen molar-refractivity contribution < 1.29 is 4.74 Å². The van der Waals surface area contributed by atoms with Crippen LogP contribution >= 0.6 is 0 Å². The summed E-state index contributed by atoms with van der Waals surface area (Å²) < 4.78 is 5.74. The molecule has 0 rings (SSSR count). The Morgan fingerprint density at radius 3 is 2.00 bits per heavy atom. The molecule has 0 aliphatic carbocycles. The molecule has 0 aromatic heterocycles. The summed E-state index contributed by atoms with van der Waals surface area (Å²) in [5.74, 6) is 5.72. The van der Waals surface area contributed by atoms with Crippen LogP contribution in [0.2, 0.25) is 0 Å². The summed E-state index contributed by atoms with van der Waals surface area (Å²) in [5.41, 5.74) is 2.87. The van der Waals surface area contributed by atoms with Crippen LogP contribution in [-0.2, 0) is 4.74 Å². The van der Waals surface area contributed by atoms with Gasteiger partial charge in [0, 0.05) is 7.11 Å². The van der Waals surface area contributed by atoms with Gasteiger partial charge in [0.25, 0.3) is 0 Å². The Morgan fingerprint density at radius 1 is 1.00 bits per heavy atom. The molecule has 0 aromatic rings. The predicted molar refractivity (Wildman–Crippen MR) is 79.4 cm³/mol. The molecule has 0 amide bonds. The van der Waals surface area contributed by atoms with Gasteiger partial charge in [0.2, 0.25) is 0 Å². The minimum atomic E-state index is -0.0990. The summed E-state index contributed by atoms with van der Waals surface area (Å²) in [6.07, 6.45) is 11.1. The third-order valence-electron chi connectivity index (χ3n) is 4.29. The second kappa shape index (κ2) is 10.8. The molecule has 3 nitrogen and oxygen atoms in total. The minimum Gasteiger partial charge on any atom is -0.377 e. The number of unbranched alkanes of at least 4 members (excludes halogenated alkanes) is 5. The average Bonchev–Trinajstić information content (AvgIpc) is 2.42. The van der Waals surface area contributed by atoms with E-state index in [4.69, 9.17) is 10.6 Å². The maximum absolute atomic E-state index is 5.74. The van der Waals surface area contributed by atoms with Crippen molar-refractivity contribution in [1.82, 2.24) is 5.43 Å². The van der Waals surface area contributed by atoms with Crippen molar-refractivity contribution >= 4 is 0 Å². The topological polar surface area (TPSA) is 47.3 Å². The fourth-order valence-electron chi connectivity index (χ4n) is 2.80. The smallest absolute Gasteiger partial charge is 0.0839 e. The van der Waals surface area contributed by atoms with Gasteiger partial charge in [-0.05, 0) is 19.3 Å². The van der Waals surface area contributed by atoms with Crippen LogP contribution in [0.1, 0.15) is 78.6 Å². The highest BCUT2D eigenvalue weighted by Gasteiger charge is 2.34. The number of hydrogen-bond acceptors (Lipinski definition) is 3. The fourth-order valence-corrected chi connectivity index (χ4v) is 2.80. The fraction of sp³-hybridized carbons (Fsp3) is 1.00. The van der Waals surface area contributed by atoms with Crippen LogP contribution in [0.3, 0.4) is 0 Å². The van der Waals surface area contributed by atoms with Crippen LogP contribution in [0.15, 0.2) is 0 Å². The van der Waals surface area contributed by atoms with Crippen LogP contribution in [0.25, 0.3) is 0 Å². The Labute approximate surface area is 114 Å². The number of hydrazine groups is 1. The normalized spacial score (nSPS) is 13.8. The van der Waals surface area contributed by atoms with E-state index < -0.39 is 0 Å². The van der Waals surface area contributed by atoms with Gasteiger partial charge in [0.15, 0.2) is 0 Å². The Hall–Kier alpha value is -0.120. The molecule has 0 fully saturated rings. The lowest BCUT2D eigenvalue weighted by Crippen LogP contribution is -2.54. The first kappa shape index (κ1) is 17.9. The Balaban J connectivity index is 4.01. The number of methoxy groups -OCH3 is 1. The molecule has 1 atom stereocenters. The van der Waals surface area contributed by atoms with E-state index in [1.54, 1.807) is 7.11 Å². The first-order valence-corrected chi connectivity index (χ1v) is 7.72. The molecule has 1 unspecified atom stereocenters. The van der Waals surface area contributed by atoms with Crippen LogP contribution < -0.4 is 11.3 Å². The van der Waals surface area contributed by atoms with Gasteiger partial charge in [-0.1, -0.05) is 59.3 Å². The molecule has 0 radical (unpaired) electrons. The van der Waals surface area contributed by atoms with Crippen LogP contribution in [0.5, 0.6) is 0 Å². The molecule has 110 valence electrons. The highest BCUT2D eigenvalue weighted by Crippen LogP contribution is 2.27. The predicted octanol–water partition coefficient (Wildman–Crippen LogP) is 3.77. The molecule has 0 aromatic carbocycles. The zero-order chi connectivity index (χ0) is 13.9. The molecule has 18 heavy (non-hydrogen) atoms. The van der Waals surface area contributed by atoms with E-state index in [0.717, 1.165) is 19.3 Å². The quantitative estimate of drug-likeness (QED) is 0.318. The first-order chi connectivity index (χ1) is 8.70. The maximum Gasteiger partial charge on any atom is 0.0839 e. The van der Waals surface area contributed by atoms with E-state index in [9.17, 15) is 0 Å². The lowest BCUT2D eigenvalue weighted by molar-refractivity contribution is -0.0500. The van der Waals surface area contributed by atoms with Gasteiger partial charge >= 0.3 is 0 Å². The highest BCUT2D eigenvalue weighted by atomic mass is 16.5. The zero-order valence-electron chi connectivity index (χ0n) is 12.9. The molecule has 3 heteroatoms. The number of nitrogens with two attached hydrogens (primary N) is 1. The summed E-state index contributed by atoms with van der Waals surface area (Å²) in [4.78, 5) is 0. The van der Waals surface area contributed by atoms with E-state index in [1.165, 1.54) is 38.5 Å². The first-order valence-electron chi connectivity index (χ1n) is 7.72. The number of ether oxygens (including phenoxy) is 1. The van der Waals surface area contributed by atoms with E-state index >= 15 is 0 Å². The SMILES string of the molecule is CCCCCCCCC(NN)C(CC)(CC)OC. The second-order valence-electron chi connectivity index (χ2n) is 5.25. The van der Waals surface area contributed by atoms with Gasteiger partial charge in [-0.3, -0.25) is 11.3 Å². The van der Waals surface area contributed by atoms with Crippen molar-refractivity contribution in [1.29, 1.82) is 0 Å². The van der Waals surface area contributed by atoms with Crippen molar-refractivity contribution in [3.05, 3.63) is 0 Å². The Kier molecular flexibility index (Phi) is 10.7. The van der Waals surface area contributed by atoms with Crippen molar-refractivity contribution in [2.75, 3.05) is 7.11 Å². The zero-order valence-corrected chi connectivity index (χ0v) is 12.9. The molecule has 3 N–H and O–H groups in total. The Morgan fingerprint density at radius 2 is 1.56 bits per heavy atom.